The molecule has 5 nitrogen and oxygen atoms in total. The summed E-state index contributed by atoms with van der Waals surface area (Å²) < 4.78 is 18.3. The van der Waals surface area contributed by atoms with Crippen molar-refractivity contribution in [2.45, 2.75) is 19.4 Å². The van der Waals surface area contributed by atoms with Crippen LogP contribution in [0.4, 0.5) is 14.9 Å². The van der Waals surface area contributed by atoms with E-state index in [-0.39, 0.29) is 12.0 Å². The molecule has 1 fully saturated rings. The van der Waals surface area contributed by atoms with Crippen molar-refractivity contribution in [3.63, 3.8) is 0 Å². The average molecular weight is 266 g/mol. The van der Waals surface area contributed by atoms with Crippen LogP contribution in [0.5, 0.6) is 0 Å². The van der Waals surface area contributed by atoms with E-state index in [1.54, 1.807) is 12.1 Å². The molecule has 19 heavy (non-hydrogen) atoms. The Morgan fingerprint density at radius 2 is 2.37 bits per heavy atom. The molecule has 0 spiro atoms. The molecule has 1 heterocycles. The van der Waals surface area contributed by atoms with Crippen molar-refractivity contribution in [2.24, 2.45) is 0 Å². The van der Waals surface area contributed by atoms with Crippen LogP contribution in [0, 0.1) is 5.82 Å². The first kappa shape index (κ1) is 13.3. The quantitative estimate of drug-likeness (QED) is 0.902. The van der Waals surface area contributed by atoms with E-state index < -0.39 is 11.9 Å². The molecule has 2 rings (SSSR count). The number of amides is 2. The summed E-state index contributed by atoms with van der Waals surface area (Å²) in [6.07, 6.45) is -0.238. The van der Waals surface area contributed by atoms with Gasteiger partial charge in [-0.05, 0) is 18.2 Å². The van der Waals surface area contributed by atoms with Crippen LogP contribution in [0.1, 0.15) is 13.3 Å². The zero-order chi connectivity index (χ0) is 13.8. The van der Waals surface area contributed by atoms with Crippen molar-refractivity contribution in [3.05, 3.63) is 30.1 Å². The lowest BCUT2D eigenvalue weighted by Crippen LogP contribution is -2.27. The molecule has 1 aliphatic rings. The van der Waals surface area contributed by atoms with Gasteiger partial charge in [-0.3, -0.25) is 9.69 Å². The fourth-order valence-corrected chi connectivity index (χ4v) is 1.94. The van der Waals surface area contributed by atoms with Crippen LogP contribution in [0.15, 0.2) is 24.3 Å². The Balaban J connectivity index is 1.94. The highest BCUT2D eigenvalue weighted by atomic mass is 19.1. The summed E-state index contributed by atoms with van der Waals surface area (Å²) in [6.45, 7) is 2.24. The predicted octanol–water partition coefficient (Wildman–Crippen LogP) is 1.68. The third kappa shape index (κ3) is 3.43. The van der Waals surface area contributed by atoms with Crippen molar-refractivity contribution < 1.29 is 18.7 Å². The average Bonchev–Trinajstić information content (AvgIpc) is 2.70. The lowest BCUT2D eigenvalue weighted by Gasteiger charge is -2.12. The van der Waals surface area contributed by atoms with Gasteiger partial charge in [0.05, 0.1) is 12.2 Å². The molecule has 0 bridgehead atoms. The van der Waals surface area contributed by atoms with E-state index in [0.29, 0.717) is 25.2 Å². The van der Waals surface area contributed by atoms with E-state index in [9.17, 15) is 14.0 Å². The van der Waals surface area contributed by atoms with Crippen LogP contribution in [0.2, 0.25) is 0 Å². The largest absolute Gasteiger partial charge is 0.444 e. The summed E-state index contributed by atoms with van der Waals surface area (Å²) in [5.41, 5.74) is 0.479. The molecule has 1 aliphatic heterocycles. The van der Waals surface area contributed by atoms with Crippen LogP contribution < -0.4 is 10.2 Å². The second kappa shape index (κ2) is 5.69. The number of rotatable bonds is 4. The summed E-state index contributed by atoms with van der Waals surface area (Å²) >= 11 is 0. The lowest BCUT2D eigenvalue weighted by atomic mass is 10.2. The molecule has 0 unspecified atom stereocenters. The van der Waals surface area contributed by atoms with Gasteiger partial charge in [-0.15, -0.1) is 0 Å². The van der Waals surface area contributed by atoms with Crippen molar-refractivity contribution in [3.8, 4) is 0 Å². The lowest BCUT2D eigenvalue weighted by molar-refractivity contribution is -0.119. The van der Waals surface area contributed by atoms with E-state index in [0.717, 1.165) is 0 Å². The molecule has 0 aliphatic carbocycles. The fraction of sp³-hybridized carbons (Fsp3) is 0.385. The Labute approximate surface area is 110 Å². The van der Waals surface area contributed by atoms with Crippen LogP contribution >= 0.6 is 0 Å². The maximum absolute atomic E-state index is 13.1. The van der Waals surface area contributed by atoms with Crippen molar-refractivity contribution in [2.75, 3.05) is 18.0 Å². The van der Waals surface area contributed by atoms with E-state index >= 15 is 0 Å². The van der Waals surface area contributed by atoms with Gasteiger partial charge in [-0.25, -0.2) is 9.18 Å². The van der Waals surface area contributed by atoms with Gasteiger partial charge in [-0.1, -0.05) is 6.07 Å². The zero-order valence-electron chi connectivity index (χ0n) is 10.6. The highest BCUT2D eigenvalue weighted by Crippen LogP contribution is 2.23. The molecule has 102 valence electrons. The Bertz CT molecular complexity index is 493. The summed E-state index contributed by atoms with van der Waals surface area (Å²) in [4.78, 5) is 23.8. The van der Waals surface area contributed by atoms with Gasteiger partial charge in [0.15, 0.2) is 0 Å². The van der Waals surface area contributed by atoms with Gasteiger partial charge in [0.1, 0.15) is 11.9 Å². The van der Waals surface area contributed by atoms with Crippen LogP contribution in [0.3, 0.4) is 0 Å². The number of cyclic esters (lactones) is 1. The summed E-state index contributed by atoms with van der Waals surface area (Å²) in [5, 5.41) is 2.64. The van der Waals surface area contributed by atoms with Gasteiger partial charge in [-0.2, -0.15) is 0 Å². The topological polar surface area (TPSA) is 58.6 Å². The Kier molecular flexibility index (Phi) is 3.99. The van der Waals surface area contributed by atoms with Gasteiger partial charge in [0, 0.05) is 19.9 Å². The fourth-order valence-electron chi connectivity index (χ4n) is 1.94. The second-order valence-electron chi connectivity index (χ2n) is 4.37. The number of carbonyl (C=O) groups excluding carboxylic acids is 2. The number of hydrogen-bond acceptors (Lipinski definition) is 3. The molecule has 1 atom stereocenters. The van der Waals surface area contributed by atoms with Gasteiger partial charge < -0.3 is 10.1 Å². The first-order valence-electron chi connectivity index (χ1n) is 6.04. The summed E-state index contributed by atoms with van der Waals surface area (Å²) in [7, 11) is 0. The van der Waals surface area contributed by atoms with Gasteiger partial charge in [0.25, 0.3) is 0 Å². The Morgan fingerprint density at radius 1 is 1.58 bits per heavy atom. The zero-order valence-corrected chi connectivity index (χ0v) is 10.6. The first-order chi connectivity index (χ1) is 9.06. The number of nitrogens with zero attached hydrogens (tertiary/aromatic N) is 1. The standard InChI is InChI=1S/C13H15FN2O3/c1-9(17)15-6-5-12-8-16(13(18)19-12)11-4-2-3-10(14)7-11/h2-4,7,12H,5-6,8H2,1H3,(H,15,17)/t12-/m0/s1. The molecule has 1 saturated heterocycles. The maximum Gasteiger partial charge on any atom is 0.414 e. The monoisotopic (exact) mass is 266 g/mol. The smallest absolute Gasteiger partial charge is 0.414 e. The number of ether oxygens (including phenoxy) is 1. The van der Waals surface area contributed by atoms with Gasteiger partial charge >= 0.3 is 6.09 Å². The van der Waals surface area contributed by atoms with Crippen molar-refractivity contribution in [1.82, 2.24) is 5.32 Å². The maximum atomic E-state index is 13.1. The first-order valence-corrected chi connectivity index (χ1v) is 6.04. The number of anilines is 1. The highest BCUT2D eigenvalue weighted by molar-refractivity contribution is 5.89. The van der Waals surface area contributed by atoms with E-state index in [4.69, 9.17) is 4.74 Å². The van der Waals surface area contributed by atoms with Crippen molar-refractivity contribution >= 4 is 17.7 Å². The predicted molar refractivity (Wildman–Crippen MR) is 67.3 cm³/mol. The van der Waals surface area contributed by atoms with E-state index in [1.807, 2.05) is 0 Å². The SMILES string of the molecule is CC(=O)NCC[C@H]1CN(c2cccc(F)c2)C(=O)O1. The number of carbonyl (C=O) groups is 2. The summed E-state index contributed by atoms with van der Waals surface area (Å²) in [6, 6.07) is 5.81. The van der Waals surface area contributed by atoms with Crippen LogP contribution in [-0.2, 0) is 9.53 Å². The molecule has 1 aromatic carbocycles. The molecule has 2 amide bonds. The summed E-state index contributed by atoms with van der Waals surface area (Å²) in [5.74, 6) is -0.515. The Morgan fingerprint density at radius 3 is 3.05 bits per heavy atom. The van der Waals surface area contributed by atoms with E-state index in [1.165, 1.54) is 24.0 Å². The van der Waals surface area contributed by atoms with Crippen LogP contribution in [0.25, 0.3) is 0 Å². The normalized spacial score (nSPS) is 18.3. The number of nitrogens with one attached hydrogen (secondary N) is 1. The molecule has 1 aromatic rings. The van der Waals surface area contributed by atoms with Crippen molar-refractivity contribution in [1.29, 1.82) is 0 Å². The highest BCUT2D eigenvalue weighted by Gasteiger charge is 2.32. The molecule has 6 heteroatoms. The number of benzene rings is 1. The van der Waals surface area contributed by atoms with E-state index in [2.05, 4.69) is 5.32 Å². The molecular weight excluding hydrogens is 251 g/mol. The minimum atomic E-state index is -0.488. The van der Waals surface area contributed by atoms with Crippen LogP contribution in [-0.4, -0.2) is 31.2 Å². The third-order valence-electron chi connectivity index (χ3n) is 2.83. The van der Waals surface area contributed by atoms with Gasteiger partial charge in [0.2, 0.25) is 5.91 Å². The minimum Gasteiger partial charge on any atom is -0.444 e. The molecule has 0 radical (unpaired) electrons. The number of hydrogen-bond donors (Lipinski definition) is 1. The molecular formula is C13H15FN2O3. The Hall–Kier alpha value is -2.11. The molecule has 1 N–H and O–H groups in total. The second-order valence-corrected chi connectivity index (χ2v) is 4.37. The molecule has 0 saturated carbocycles. The minimum absolute atomic E-state index is 0.119. The third-order valence-corrected chi connectivity index (χ3v) is 2.83. The molecule has 0 aromatic heterocycles. The number of halogens is 1.